The number of alkyl halides is 3. The average molecular weight is 806 g/mol. The largest absolute Gasteiger partial charge is 0.180 e. The predicted molar refractivity (Wildman–Crippen MR) is 173 cm³/mol. The molecule has 176 valence electrons. The van der Waals surface area contributed by atoms with E-state index in [2.05, 4.69) is 145 Å². The van der Waals surface area contributed by atoms with Crippen LogP contribution in [0.4, 0.5) is 0 Å². The molecule has 2 aromatic heterocycles. The van der Waals surface area contributed by atoms with E-state index < -0.39 is 4.30 Å². The molecular formula is C25H15Br4Cl3S2. The van der Waals surface area contributed by atoms with Crippen LogP contribution in [0.2, 0.25) is 0 Å². The lowest BCUT2D eigenvalue weighted by molar-refractivity contribution is 1.75. The van der Waals surface area contributed by atoms with Gasteiger partial charge in [-0.2, -0.15) is 0 Å². The lowest BCUT2D eigenvalue weighted by Crippen LogP contribution is -1.67. The van der Waals surface area contributed by atoms with Crippen LogP contribution in [0, 0.1) is 0 Å². The van der Waals surface area contributed by atoms with Crippen LogP contribution >= 0.6 is 118 Å². The first-order chi connectivity index (χ1) is 16.4. The minimum atomic E-state index is -0.750. The second kappa shape index (κ2) is 14.2. The highest BCUT2D eigenvalue weighted by atomic mass is 80.9. The summed E-state index contributed by atoms with van der Waals surface area (Å²) >= 11 is 30.6. The van der Waals surface area contributed by atoms with Gasteiger partial charge in [0.25, 0.3) is 0 Å². The molecule has 0 N–H and O–H groups in total. The van der Waals surface area contributed by atoms with Gasteiger partial charge in [0.15, 0.2) is 4.30 Å². The number of fused-ring (bicyclic) bond motifs is 6. The van der Waals surface area contributed by atoms with Crippen molar-refractivity contribution in [3.05, 3.63) is 93.9 Å². The summed E-state index contributed by atoms with van der Waals surface area (Å²) in [5, 5.41) is 5.41. The zero-order valence-electron chi connectivity index (χ0n) is 17.1. The maximum Gasteiger partial charge on any atom is 0.180 e. The Kier molecular flexibility index (Phi) is 11.9. The molecule has 0 aliphatic rings. The summed E-state index contributed by atoms with van der Waals surface area (Å²) in [6.45, 7) is 0. The standard InChI is InChI=1S/C12H6Br2S.C12H8S.CHCl3.Br2/c13-7-1-3-11-9(5-7)10-6-8(14)2-4-12(10)15-11;1-3-7-11-9(5-1)10-6-2-4-8-12(10)13-11;2-1(3)4;1-2/h1-6H;1-8H;1H;. The Balaban J connectivity index is 0.000000157. The summed E-state index contributed by atoms with van der Waals surface area (Å²) in [4.78, 5) is 0. The van der Waals surface area contributed by atoms with E-state index in [0.717, 1.165) is 8.95 Å². The van der Waals surface area contributed by atoms with Crippen LogP contribution in [0.1, 0.15) is 0 Å². The number of hydrogen-bond acceptors (Lipinski definition) is 2. The lowest BCUT2D eigenvalue weighted by Gasteiger charge is -1.93. The highest BCUT2D eigenvalue weighted by Crippen LogP contribution is 2.36. The van der Waals surface area contributed by atoms with Crippen molar-refractivity contribution in [3.8, 4) is 0 Å². The lowest BCUT2D eigenvalue weighted by atomic mass is 10.2. The summed E-state index contributed by atoms with van der Waals surface area (Å²) in [6.07, 6.45) is 0. The fourth-order valence-corrected chi connectivity index (χ4v) is 6.29. The number of halogens is 7. The van der Waals surface area contributed by atoms with Crippen molar-refractivity contribution >= 4 is 158 Å². The molecule has 0 saturated carbocycles. The third-order valence-electron chi connectivity index (χ3n) is 4.68. The molecule has 0 amide bonds. The Morgan fingerprint density at radius 1 is 0.500 bits per heavy atom. The van der Waals surface area contributed by atoms with Gasteiger partial charge in [-0.3, -0.25) is 0 Å². The van der Waals surface area contributed by atoms with Crippen molar-refractivity contribution in [1.29, 1.82) is 0 Å². The molecule has 0 atom stereocenters. The Morgan fingerprint density at radius 3 is 1.21 bits per heavy atom. The maximum atomic E-state index is 4.81. The van der Waals surface area contributed by atoms with Gasteiger partial charge in [0.05, 0.1) is 0 Å². The SMILES string of the molecule is BrBr.Brc1ccc2sc3ccc(Br)cc3c2c1.ClC(Cl)Cl.c1ccc2c(c1)sc1ccccc12. The van der Waals surface area contributed by atoms with E-state index in [1.807, 2.05) is 22.7 Å². The van der Waals surface area contributed by atoms with Gasteiger partial charge < -0.3 is 0 Å². The topological polar surface area (TPSA) is 0 Å². The summed E-state index contributed by atoms with van der Waals surface area (Å²) in [5.74, 6) is 0. The monoisotopic (exact) mass is 800 g/mol. The van der Waals surface area contributed by atoms with Crippen LogP contribution < -0.4 is 0 Å². The minimum Gasteiger partial charge on any atom is -0.135 e. The number of hydrogen-bond donors (Lipinski definition) is 0. The molecule has 0 bridgehead atoms. The van der Waals surface area contributed by atoms with Crippen molar-refractivity contribution in [2.45, 2.75) is 4.30 Å². The highest BCUT2D eigenvalue weighted by Gasteiger charge is 2.05. The normalized spacial score (nSPS) is 10.5. The second-order valence-electron chi connectivity index (χ2n) is 6.72. The van der Waals surface area contributed by atoms with Gasteiger partial charge in [0.1, 0.15) is 0 Å². The maximum absolute atomic E-state index is 4.81. The van der Waals surface area contributed by atoms with E-state index in [0.29, 0.717) is 0 Å². The van der Waals surface area contributed by atoms with Gasteiger partial charge in [-0.1, -0.05) is 103 Å². The van der Waals surface area contributed by atoms with E-state index in [1.165, 1.54) is 40.3 Å². The summed E-state index contributed by atoms with van der Waals surface area (Å²) < 4.78 is 6.95. The zero-order valence-corrected chi connectivity index (χ0v) is 27.4. The minimum absolute atomic E-state index is 0.750. The van der Waals surface area contributed by atoms with Gasteiger partial charge in [0, 0.05) is 77.5 Å². The first kappa shape index (κ1) is 28.7. The van der Waals surface area contributed by atoms with E-state index in [-0.39, 0.29) is 0 Å². The Hall–Kier alpha value is 0.110. The quantitative estimate of drug-likeness (QED) is 0.134. The molecule has 0 spiro atoms. The Bertz CT molecular complexity index is 1400. The molecule has 0 nitrogen and oxygen atoms in total. The molecule has 0 aliphatic heterocycles. The van der Waals surface area contributed by atoms with E-state index in [4.69, 9.17) is 34.8 Å². The smallest absolute Gasteiger partial charge is 0.135 e. The molecule has 0 radical (unpaired) electrons. The van der Waals surface area contributed by atoms with Crippen molar-refractivity contribution in [3.63, 3.8) is 0 Å². The summed E-state index contributed by atoms with van der Waals surface area (Å²) in [6, 6.07) is 30.0. The molecule has 0 unspecified atom stereocenters. The molecule has 6 aromatic rings. The van der Waals surface area contributed by atoms with Gasteiger partial charge in [-0.25, -0.2) is 0 Å². The van der Waals surface area contributed by atoms with Crippen molar-refractivity contribution in [2.75, 3.05) is 0 Å². The predicted octanol–water partition coefficient (Wildman–Crippen LogP) is 13.3. The molecule has 2 heterocycles. The summed E-state index contributed by atoms with van der Waals surface area (Å²) in [5.41, 5.74) is 0. The number of thiophene rings is 2. The second-order valence-corrected chi connectivity index (χ2v) is 12.7. The molecule has 6 rings (SSSR count). The van der Waals surface area contributed by atoms with Crippen molar-refractivity contribution in [1.82, 2.24) is 0 Å². The van der Waals surface area contributed by atoms with Gasteiger partial charge in [-0.15, -0.1) is 22.7 Å². The van der Waals surface area contributed by atoms with Crippen molar-refractivity contribution < 1.29 is 0 Å². The first-order valence-corrected chi connectivity index (χ1v) is 17.9. The molecule has 34 heavy (non-hydrogen) atoms. The van der Waals surface area contributed by atoms with Crippen LogP contribution in [0.15, 0.2) is 93.9 Å². The molecule has 0 saturated heterocycles. The number of benzene rings is 4. The molecule has 9 heteroatoms. The van der Waals surface area contributed by atoms with Crippen LogP contribution in [0.5, 0.6) is 0 Å². The van der Waals surface area contributed by atoms with E-state index >= 15 is 0 Å². The molecule has 4 aromatic carbocycles. The highest BCUT2D eigenvalue weighted by molar-refractivity contribution is 9.93. The zero-order chi connectivity index (χ0) is 24.7. The molecule has 0 fully saturated rings. The van der Waals surface area contributed by atoms with Gasteiger partial charge >= 0.3 is 0 Å². The Labute approximate surface area is 253 Å². The Morgan fingerprint density at radius 2 is 0.824 bits per heavy atom. The van der Waals surface area contributed by atoms with Gasteiger partial charge in [0.2, 0.25) is 0 Å². The van der Waals surface area contributed by atoms with Crippen LogP contribution in [-0.2, 0) is 0 Å². The van der Waals surface area contributed by atoms with Crippen LogP contribution in [-0.4, -0.2) is 4.30 Å². The summed E-state index contributed by atoms with van der Waals surface area (Å²) in [7, 11) is 0. The van der Waals surface area contributed by atoms with E-state index in [9.17, 15) is 0 Å². The molecular weight excluding hydrogens is 790 g/mol. The third-order valence-corrected chi connectivity index (χ3v) is 7.97. The van der Waals surface area contributed by atoms with Crippen LogP contribution in [0.25, 0.3) is 40.3 Å². The van der Waals surface area contributed by atoms with Crippen LogP contribution in [0.3, 0.4) is 0 Å². The number of rotatable bonds is 0. The first-order valence-electron chi connectivity index (χ1n) is 9.62. The average Bonchev–Trinajstić information content (AvgIpc) is 3.38. The third kappa shape index (κ3) is 7.56. The van der Waals surface area contributed by atoms with E-state index in [1.54, 1.807) is 0 Å². The van der Waals surface area contributed by atoms with Gasteiger partial charge in [-0.05, 0) is 48.5 Å². The van der Waals surface area contributed by atoms with Crippen molar-refractivity contribution in [2.24, 2.45) is 0 Å². The fraction of sp³-hybridized carbons (Fsp3) is 0.0400. The molecule has 0 aliphatic carbocycles. The fourth-order valence-electron chi connectivity index (χ4n) is 3.40.